The maximum Gasteiger partial charge on any atom is 0.0923 e. The molecule has 0 amide bonds. The standard InChI is InChI=1S/C6H5N3O2/c10-7-9(8-11)6-4-2-1-3-5-6/h1-5H. The second-order valence-electron chi connectivity index (χ2n) is 1.79. The summed E-state index contributed by atoms with van der Waals surface area (Å²) in [6.45, 7) is 0. The van der Waals surface area contributed by atoms with E-state index in [2.05, 4.69) is 10.6 Å². The Balaban J connectivity index is 2.90. The highest BCUT2D eigenvalue weighted by atomic mass is 16.4. The predicted molar refractivity (Wildman–Crippen MR) is 40.5 cm³/mol. The Hall–Kier alpha value is -1.78. The third-order valence-corrected chi connectivity index (χ3v) is 1.14. The molecule has 0 fully saturated rings. The van der Waals surface area contributed by atoms with Crippen molar-refractivity contribution in [2.24, 2.45) is 10.6 Å². The highest BCUT2D eigenvalue weighted by Crippen LogP contribution is 2.12. The lowest BCUT2D eigenvalue weighted by atomic mass is 10.3. The Kier molecular flexibility index (Phi) is 2.27. The Bertz CT molecular complexity index is 241. The van der Waals surface area contributed by atoms with Crippen LogP contribution in [0.1, 0.15) is 0 Å². The molecule has 0 saturated heterocycles. The molecule has 0 aliphatic carbocycles. The van der Waals surface area contributed by atoms with E-state index in [0.29, 0.717) is 10.8 Å². The van der Waals surface area contributed by atoms with E-state index in [1.165, 1.54) is 0 Å². The van der Waals surface area contributed by atoms with E-state index in [1.807, 2.05) is 0 Å². The molecular formula is C6H5N3O2. The number of rotatable bonds is 3. The maximum atomic E-state index is 9.92. The van der Waals surface area contributed by atoms with Crippen LogP contribution in [0.3, 0.4) is 0 Å². The van der Waals surface area contributed by atoms with E-state index in [1.54, 1.807) is 30.3 Å². The Morgan fingerprint density at radius 3 is 2.00 bits per heavy atom. The minimum absolute atomic E-state index is 0.359. The first-order chi connectivity index (χ1) is 5.38. The highest BCUT2D eigenvalue weighted by molar-refractivity contribution is 5.43. The van der Waals surface area contributed by atoms with Gasteiger partial charge < -0.3 is 0 Å². The molecular weight excluding hydrogens is 146 g/mol. The maximum absolute atomic E-state index is 9.92. The summed E-state index contributed by atoms with van der Waals surface area (Å²) in [6.07, 6.45) is 0. The van der Waals surface area contributed by atoms with Gasteiger partial charge in [0.2, 0.25) is 0 Å². The van der Waals surface area contributed by atoms with Gasteiger partial charge in [0.15, 0.2) is 0 Å². The van der Waals surface area contributed by atoms with Crippen LogP contribution in [0, 0.1) is 9.81 Å². The largest absolute Gasteiger partial charge is 0.123 e. The zero-order valence-electron chi connectivity index (χ0n) is 5.54. The molecule has 5 heteroatoms. The number of anilines is 1. The third-order valence-electron chi connectivity index (χ3n) is 1.14. The quantitative estimate of drug-likeness (QED) is 0.489. The molecule has 1 aromatic rings. The number of benzene rings is 1. The van der Waals surface area contributed by atoms with Crippen LogP contribution in [0.5, 0.6) is 0 Å². The smallest absolute Gasteiger partial charge is 0.0923 e. The zero-order chi connectivity index (χ0) is 8.10. The van der Waals surface area contributed by atoms with Crippen molar-refractivity contribution in [3.8, 4) is 0 Å². The van der Waals surface area contributed by atoms with Crippen molar-refractivity contribution < 1.29 is 0 Å². The topological polar surface area (TPSA) is 62.1 Å². The summed E-state index contributed by atoms with van der Waals surface area (Å²) in [6, 6.07) is 8.24. The van der Waals surface area contributed by atoms with Crippen LogP contribution in [0.25, 0.3) is 0 Å². The van der Waals surface area contributed by atoms with Crippen LogP contribution in [0.4, 0.5) is 5.69 Å². The number of nitroso groups, excluding NO2 is 2. The fourth-order valence-corrected chi connectivity index (χ4v) is 0.671. The average Bonchev–Trinajstić information content (AvgIpc) is 2.09. The second-order valence-corrected chi connectivity index (χ2v) is 1.79. The summed E-state index contributed by atoms with van der Waals surface area (Å²) in [7, 11) is 0. The molecule has 0 unspecified atom stereocenters. The molecule has 56 valence electrons. The van der Waals surface area contributed by atoms with E-state index in [-0.39, 0.29) is 0 Å². The Labute approximate surface area is 62.5 Å². The van der Waals surface area contributed by atoms with Gasteiger partial charge >= 0.3 is 0 Å². The van der Waals surface area contributed by atoms with Crippen LogP contribution >= 0.6 is 0 Å². The van der Waals surface area contributed by atoms with Crippen molar-refractivity contribution in [1.29, 1.82) is 0 Å². The minimum atomic E-state index is 0.359. The van der Waals surface area contributed by atoms with Gasteiger partial charge in [0.25, 0.3) is 0 Å². The summed E-state index contributed by atoms with van der Waals surface area (Å²) in [5, 5.41) is 5.23. The lowest BCUT2D eigenvalue weighted by Crippen LogP contribution is -2.03. The normalized spacial score (nSPS) is 8.73. The third kappa shape index (κ3) is 1.57. The van der Waals surface area contributed by atoms with E-state index in [4.69, 9.17) is 0 Å². The van der Waals surface area contributed by atoms with Crippen LogP contribution in [0.2, 0.25) is 0 Å². The van der Waals surface area contributed by atoms with E-state index >= 15 is 0 Å². The predicted octanol–water partition coefficient (Wildman–Crippen LogP) is 1.86. The average molecular weight is 151 g/mol. The Morgan fingerprint density at radius 2 is 1.55 bits per heavy atom. The van der Waals surface area contributed by atoms with Gasteiger partial charge in [-0.15, -0.1) is 9.81 Å². The van der Waals surface area contributed by atoms with Crippen molar-refractivity contribution in [1.82, 2.24) is 0 Å². The van der Waals surface area contributed by atoms with Gasteiger partial charge in [-0.25, -0.2) is 0 Å². The second kappa shape index (κ2) is 3.40. The van der Waals surface area contributed by atoms with Crippen LogP contribution in [-0.4, -0.2) is 0 Å². The molecule has 0 aromatic heterocycles. The first-order valence-electron chi connectivity index (χ1n) is 2.90. The fourth-order valence-electron chi connectivity index (χ4n) is 0.671. The molecule has 0 bridgehead atoms. The van der Waals surface area contributed by atoms with Gasteiger partial charge in [-0.1, -0.05) is 23.3 Å². The summed E-state index contributed by atoms with van der Waals surface area (Å²) in [4.78, 5) is 19.8. The Morgan fingerprint density at radius 1 is 1.00 bits per heavy atom. The van der Waals surface area contributed by atoms with Gasteiger partial charge in [-0.3, -0.25) is 0 Å². The summed E-state index contributed by atoms with van der Waals surface area (Å²) in [5.41, 5.74) is 0.359. The molecule has 1 aromatic carbocycles. The number of nitrogens with zero attached hydrogens (tertiary/aromatic N) is 3. The summed E-state index contributed by atoms with van der Waals surface area (Å²) in [5.74, 6) is 0. The van der Waals surface area contributed by atoms with Crippen molar-refractivity contribution in [3.05, 3.63) is 40.1 Å². The molecule has 11 heavy (non-hydrogen) atoms. The van der Waals surface area contributed by atoms with Crippen LogP contribution in [-0.2, 0) is 0 Å². The SMILES string of the molecule is O=NN(N=O)c1ccccc1. The van der Waals surface area contributed by atoms with Crippen molar-refractivity contribution in [2.45, 2.75) is 0 Å². The van der Waals surface area contributed by atoms with Gasteiger partial charge in [0.05, 0.1) is 16.3 Å². The zero-order valence-corrected chi connectivity index (χ0v) is 5.54. The van der Waals surface area contributed by atoms with Crippen LogP contribution in [0.15, 0.2) is 40.9 Å². The summed E-state index contributed by atoms with van der Waals surface area (Å²) < 4.78 is 0. The molecule has 1 rings (SSSR count). The molecule has 0 saturated carbocycles. The molecule has 0 N–H and O–H groups in total. The first-order valence-corrected chi connectivity index (χ1v) is 2.90. The van der Waals surface area contributed by atoms with E-state index in [9.17, 15) is 9.81 Å². The fraction of sp³-hybridized carbons (Fsp3) is 0. The number of para-hydroxylation sites is 1. The minimum Gasteiger partial charge on any atom is -0.123 e. The van der Waals surface area contributed by atoms with Gasteiger partial charge in [-0.05, 0) is 12.1 Å². The molecule has 5 nitrogen and oxygen atoms in total. The van der Waals surface area contributed by atoms with Gasteiger partial charge in [0.1, 0.15) is 0 Å². The molecule has 0 radical (unpaired) electrons. The van der Waals surface area contributed by atoms with Crippen LogP contribution < -0.4 is 5.12 Å². The highest BCUT2D eigenvalue weighted by Gasteiger charge is 2.02. The van der Waals surface area contributed by atoms with Crippen molar-refractivity contribution in [2.75, 3.05) is 5.12 Å². The molecule has 0 spiro atoms. The van der Waals surface area contributed by atoms with Crippen molar-refractivity contribution in [3.63, 3.8) is 0 Å². The van der Waals surface area contributed by atoms with Gasteiger partial charge in [0, 0.05) is 0 Å². The van der Waals surface area contributed by atoms with E-state index in [0.717, 1.165) is 0 Å². The molecule has 0 atom stereocenters. The first kappa shape index (κ1) is 7.33. The van der Waals surface area contributed by atoms with Gasteiger partial charge in [-0.2, -0.15) is 0 Å². The molecule has 0 heterocycles. The number of hydrogen-bond donors (Lipinski definition) is 0. The van der Waals surface area contributed by atoms with Crippen molar-refractivity contribution >= 4 is 5.69 Å². The monoisotopic (exact) mass is 151 g/mol. The summed E-state index contributed by atoms with van der Waals surface area (Å²) >= 11 is 0. The molecule has 0 aliphatic heterocycles. The number of hydrogen-bond acceptors (Lipinski definition) is 4. The lowest BCUT2D eigenvalue weighted by molar-refractivity contribution is 0.907. The lowest BCUT2D eigenvalue weighted by Gasteiger charge is -2.01. The molecule has 0 aliphatic rings. The van der Waals surface area contributed by atoms with E-state index < -0.39 is 0 Å².